The molecule has 1 N–H and O–H groups in total. The van der Waals surface area contributed by atoms with E-state index in [1.807, 2.05) is 6.92 Å². The van der Waals surface area contributed by atoms with Crippen LogP contribution in [0.25, 0.3) is 0 Å². The first-order chi connectivity index (χ1) is 11.8. The van der Waals surface area contributed by atoms with Crippen LogP contribution in [0.2, 0.25) is 5.02 Å². The second-order valence-corrected chi connectivity index (χ2v) is 8.23. The Morgan fingerprint density at radius 1 is 1.28 bits per heavy atom. The van der Waals surface area contributed by atoms with Crippen LogP contribution in [0.15, 0.2) is 23.1 Å². The number of carbonyl (C=O) groups is 1. The summed E-state index contributed by atoms with van der Waals surface area (Å²) in [6, 6.07) is 3.44. The predicted molar refractivity (Wildman–Crippen MR) is 97.5 cm³/mol. The number of halogens is 1. The van der Waals surface area contributed by atoms with E-state index in [1.54, 1.807) is 11.8 Å². The molecule has 0 unspecified atom stereocenters. The lowest BCUT2D eigenvalue weighted by Gasteiger charge is -2.24. The van der Waals surface area contributed by atoms with Crippen LogP contribution in [-0.2, 0) is 14.8 Å². The van der Waals surface area contributed by atoms with Crippen LogP contribution < -0.4 is 9.46 Å². The van der Waals surface area contributed by atoms with E-state index in [4.69, 9.17) is 16.3 Å². The van der Waals surface area contributed by atoms with Crippen LogP contribution in [0, 0.1) is 0 Å². The minimum Gasteiger partial charge on any atom is -0.492 e. The maximum atomic E-state index is 12.5. The zero-order chi connectivity index (χ0) is 18.4. The molecule has 1 aliphatic rings. The van der Waals surface area contributed by atoms with Crippen LogP contribution >= 0.6 is 11.6 Å². The zero-order valence-electron chi connectivity index (χ0n) is 14.6. The van der Waals surface area contributed by atoms with E-state index in [2.05, 4.69) is 4.72 Å². The molecule has 1 heterocycles. The van der Waals surface area contributed by atoms with E-state index in [1.165, 1.54) is 18.2 Å². The summed E-state index contributed by atoms with van der Waals surface area (Å²) in [5.41, 5.74) is 0. The van der Waals surface area contributed by atoms with Gasteiger partial charge in [0.2, 0.25) is 15.9 Å². The Hall–Kier alpha value is -1.31. The Labute approximate surface area is 154 Å². The van der Waals surface area contributed by atoms with Crippen molar-refractivity contribution in [2.75, 3.05) is 19.7 Å². The number of ether oxygens (including phenoxy) is 1. The monoisotopic (exact) mass is 388 g/mol. The number of benzene rings is 1. The molecule has 1 fully saturated rings. The minimum atomic E-state index is -3.84. The average Bonchev–Trinajstić information content (AvgIpc) is 2.85. The highest BCUT2D eigenvalue weighted by molar-refractivity contribution is 7.89. The summed E-state index contributed by atoms with van der Waals surface area (Å²) >= 11 is 6.06. The van der Waals surface area contributed by atoms with Crippen LogP contribution in [0.5, 0.6) is 5.75 Å². The van der Waals surface area contributed by atoms with Crippen LogP contribution in [0.3, 0.4) is 0 Å². The van der Waals surface area contributed by atoms with Gasteiger partial charge in [0.15, 0.2) is 0 Å². The molecule has 8 heteroatoms. The Morgan fingerprint density at radius 2 is 1.92 bits per heavy atom. The van der Waals surface area contributed by atoms with Gasteiger partial charge in [-0.3, -0.25) is 4.79 Å². The molecule has 1 saturated heterocycles. The molecule has 1 aromatic carbocycles. The van der Waals surface area contributed by atoms with Crippen LogP contribution in [-0.4, -0.2) is 45.0 Å². The fourth-order valence-electron chi connectivity index (χ4n) is 2.84. The van der Waals surface area contributed by atoms with E-state index in [-0.39, 0.29) is 15.8 Å². The van der Waals surface area contributed by atoms with Gasteiger partial charge < -0.3 is 9.64 Å². The zero-order valence-corrected chi connectivity index (χ0v) is 16.2. The van der Waals surface area contributed by atoms with E-state index >= 15 is 0 Å². The maximum absolute atomic E-state index is 12.5. The molecule has 2 rings (SSSR count). The quantitative estimate of drug-likeness (QED) is 0.813. The summed E-state index contributed by atoms with van der Waals surface area (Å²) in [6.45, 7) is 5.19. The Balaban J connectivity index is 2.09. The third-order valence-corrected chi connectivity index (χ3v) is 5.97. The first-order valence-corrected chi connectivity index (χ1v) is 10.4. The molecule has 1 atom stereocenters. The SMILES string of the molecule is CCOc1ccc(S(=O)(=O)N[C@@H](C)C(=O)N2CCCCCC2)cc1Cl. The Morgan fingerprint density at radius 3 is 2.48 bits per heavy atom. The van der Waals surface area contributed by atoms with Crippen molar-refractivity contribution in [1.29, 1.82) is 0 Å². The highest BCUT2D eigenvalue weighted by atomic mass is 35.5. The predicted octanol–water partition coefficient (Wildman–Crippen LogP) is 2.81. The van der Waals surface area contributed by atoms with Gasteiger partial charge in [0.1, 0.15) is 5.75 Å². The number of likely N-dealkylation sites (tertiary alicyclic amines) is 1. The number of nitrogens with zero attached hydrogens (tertiary/aromatic N) is 1. The maximum Gasteiger partial charge on any atom is 0.241 e. The highest BCUT2D eigenvalue weighted by Crippen LogP contribution is 2.27. The molecule has 25 heavy (non-hydrogen) atoms. The summed E-state index contributed by atoms with van der Waals surface area (Å²) in [5.74, 6) is 0.235. The molecule has 1 aliphatic heterocycles. The largest absolute Gasteiger partial charge is 0.492 e. The van der Waals surface area contributed by atoms with Gasteiger partial charge in [0.25, 0.3) is 0 Å². The van der Waals surface area contributed by atoms with Crippen molar-refractivity contribution in [2.24, 2.45) is 0 Å². The van der Waals surface area contributed by atoms with Gasteiger partial charge in [-0.2, -0.15) is 4.72 Å². The molecular weight excluding hydrogens is 364 g/mol. The van der Waals surface area contributed by atoms with E-state index < -0.39 is 16.1 Å². The van der Waals surface area contributed by atoms with Crippen molar-refractivity contribution in [2.45, 2.75) is 50.5 Å². The van der Waals surface area contributed by atoms with Gasteiger partial charge >= 0.3 is 0 Å². The summed E-state index contributed by atoms with van der Waals surface area (Å²) in [6.07, 6.45) is 4.13. The molecule has 0 radical (unpaired) electrons. The van der Waals surface area contributed by atoms with Crippen molar-refractivity contribution in [3.8, 4) is 5.75 Å². The molecule has 1 amide bonds. The molecule has 6 nitrogen and oxygen atoms in total. The number of hydrogen-bond acceptors (Lipinski definition) is 4. The van der Waals surface area contributed by atoms with Crippen LogP contribution in [0.4, 0.5) is 0 Å². The third kappa shape index (κ3) is 5.33. The fourth-order valence-corrected chi connectivity index (χ4v) is 4.36. The molecule has 0 saturated carbocycles. The Bertz CT molecular complexity index is 701. The van der Waals surface area contributed by atoms with Crippen molar-refractivity contribution in [3.05, 3.63) is 23.2 Å². The number of carbonyl (C=O) groups excluding carboxylic acids is 1. The third-order valence-electron chi connectivity index (χ3n) is 4.13. The number of amides is 1. The fraction of sp³-hybridized carbons (Fsp3) is 0.588. The van der Waals surface area contributed by atoms with Crippen molar-refractivity contribution in [1.82, 2.24) is 9.62 Å². The van der Waals surface area contributed by atoms with Gasteiger partial charge in [-0.15, -0.1) is 0 Å². The van der Waals surface area contributed by atoms with Crippen LogP contribution in [0.1, 0.15) is 39.5 Å². The van der Waals surface area contributed by atoms with Crippen molar-refractivity contribution < 1.29 is 17.9 Å². The van der Waals surface area contributed by atoms with Gasteiger partial charge in [0.05, 0.1) is 22.6 Å². The molecule has 0 aromatic heterocycles. The van der Waals surface area contributed by atoms with Gasteiger partial charge in [-0.05, 0) is 44.9 Å². The van der Waals surface area contributed by atoms with Gasteiger partial charge in [-0.1, -0.05) is 24.4 Å². The molecule has 0 bridgehead atoms. The number of hydrogen-bond donors (Lipinski definition) is 1. The van der Waals surface area contributed by atoms with Gasteiger partial charge in [-0.25, -0.2) is 8.42 Å². The second kappa shape index (κ2) is 8.87. The van der Waals surface area contributed by atoms with Crippen molar-refractivity contribution >= 4 is 27.5 Å². The molecule has 0 spiro atoms. The second-order valence-electron chi connectivity index (χ2n) is 6.11. The highest BCUT2D eigenvalue weighted by Gasteiger charge is 2.26. The van der Waals surface area contributed by atoms with E-state index in [0.717, 1.165) is 25.7 Å². The number of sulfonamides is 1. The number of nitrogens with one attached hydrogen (secondary N) is 1. The lowest BCUT2D eigenvalue weighted by Crippen LogP contribution is -2.47. The lowest BCUT2D eigenvalue weighted by atomic mass is 10.2. The summed E-state index contributed by atoms with van der Waals surface area (Å²) in [7, 11) is -3.84. The standard InChI is InChI=1S/C17H25ClN2O4S/c1-3-24-16-9-8-14(12-15(16)18)25(22,23)19-13(2)17(21)20-10-6-4-5-7-11-20/h8-9,12-13,19H,3-7,10-11H2,1-2H3/t13-/m0/s1. The molecular formula is C17H25ClN2O4S. The Kier molecular flexibility index (Phi) is 7.10. The average molecular weight is 389 g/mol. The normalized spacial score (nSPS) is 17.0. The molecule has 140 valence electrons. The first kappa shape index (κ1) is 20.0. The van der Waals surface area contributed by atoms with Gasteiger partial charge in [0, 0.05) is 13.1 Å². The van der Waals surface area contributed by atoms with E-state index in [9.17, 15) is 13.2 Å². The molecule has 0 aliphatic carbocycles. The number of rotatable bonds is 6. The summed E-state index contributed by atoms with van der Waals surface area (Å²) < 4.78 is 32.8. The molecule has 1 aromatic rings. The summed E-state index contributed by atoms with van der Waals surface area (Å²) in [5, 5.41) is 0.219. The van der Waals surface area contributed by atoms with E-state index in [0.29, 0.717) is 25.4 Å². The summed E-state index contributed by atoms with van der Waals surface area (Å²) in [4.78, 5) is 14.3. The smallest absolute Gasteiger partial charge is 0.241 e. The van der Waals surface area contributed by atoms with Crippen molar-refractivity contribution in [3.63, 3.8) is 0 Å². The lowest BCUT2D eigenvalue weighted by molar-refractivity contribution is -0.132. The minimum absolute atomic E-state index is 0.0106. The first-order valence-electron chi connectivity index (χ1n) is 8.58. The topological polar surface area (TPSA) is 75.7 Å².